The van der Waals surface area contributed by atoms with Crippen molar-refractivity contribution in [2.45, 2.75) is 44.1 Å². The number of thiazole rings is 1. The Bertz CT molecular complexity index is 565. The standard InChI is InChI=1S/C15H18N2S/c1-2-8-16-12(3-1)11-6-7-13-14(9-11)18-15(17-13)10-4-5-10/h6-7,9-10,12,16H,1-5,8H2. The summed E-state index contributed by atoms with van der Waals surface area (Å²) in [6, 6.07) is 7.40. The lowest BCUT2D eigenvalue weighted by atomic mass is 9.97. The minimum Gasteiger partial charge on any atom is -0.310 e. The molecule has 2 heterocycles. The molecule has 1 saturated heterocycles. The molecule has 1 unspecified atom stereocenters. The van der Waals surface area contributed by atoms with Gasteiger partial charge in [-0.3, -0.25) is 0 Å². The van der Waals surface area contributed by atoms with Gasteiger partial charge in [-0.2, -0.15) is 0 Å². The van der Waals surface area contributed by atoms with Gasteiger partial charge in [0.15, 0.2) is 0 Å². The van der Waals surface area contributed by atoms with Crippen molar-refractivity contribution in [1.82, 2.24) is 10.3 Å². The second-order valence-corrected chi connectivity index (χ2v) is 6.62. The van der Waals surface area contributed by atoms with Crippen molar-refractivity contribution >= 4 is 21.6 Å². The van der Waals surface area contributed by atoms with Crippen LogP contribution in [0.1, 0.15) is 54.6 Å². The van der Waals surface area contributed by atoms with E-state index in [2.05, 4.69) is 23.5 Å². The fourth-order valence-corrected chi connectivity index (χ4v) is 4.00. The highest BCUT2D eigenvalue weighted by atomic mass is 32.1. The first kappa shape index (κ1) is 10.9. The first-order valence-electron chi connectivity index (χ1n) is 7.04. The van der Waals surface area contributed by atoms with Crippen molar-refractivity contribution < 1.29 is 0 Å². The van der Waals surface area contributed by atoms with E-state index in [4.69, 9.17) is 4.98 Å². The third kappa shape index (κ3) is 1.95. The fraction of sp³-hybridized carbons (Fsp3) is 0.533. The summed E-state index contributed by atoms with van der Waals surface area (Å²) in [4.78, 5) is 4.76. The Morgan fingerprint density at radius 1 is 1.17 bits per heavy atom. The Morgan fingerprint density at radius 3 is 2.89 bits per heavy atom. The van der Waals surface area contributed by atoms with Gasteiger partial charge >= 0.3 is 0 Å². The van der Waals surface area contributed by atoms with Crippen molar-refractivity contribution in [1.29, 1.82) is 0 Å². The van der Waals surface area contributed by atoms with Crippen LogP contribution in [0.15, 0.2) is 18.2 Å². The van der Waals surface area contributed by atoms with E-state index in [1.807, 2.05) is 11.3 Å². The number of piperidine rings is 1. The number of hydrogen-bond acceptors (Lipinski definition) is 3. The molecule has 1 N–H and O–H groups in total. The number of nitrogens with zero attached hydrogens (tertiary/aromatic N) is 1. The number of fused-ring (bicyclic) bond motifs is 1. The SMILES string of the molecule is c1cc2nc(C3CC3)sc2cc1C1CCCCN1. The summed E-state index contributed by atoms with van der Waals surface area (Å²) < 4.78 is 1.38. The van der Waals surface area contributed by atoms with Gasteiger partial charge in [-0.25, -0.2) is 4.98 Å². The van der Waals surface area contributed by atoms with Crippen LogP contribution in [0, 0.1) is 0 Å². The monoisotopic (exact) mass is 258 g/mol. The van der Waals surface area contributed by atoms with Crippen LogP contribution in [-0.4, -0.2) is 11.5 Å². The van der Waals surface area contributed by atoms with Gasteiger partial charge in [0.2, 0.25) is 0 Å². The van der Waals surface area contributed by atoms with Crippen molar-refractivity contribution in [3.05, 3.63) is 28.8 Å². The summed E-state index contributed by atoms with van der Waals surface area (Å²) in [6.45, 7) is 1.17. The van der Waals surface area contributed by atoms with E-state index in [9.17, 15) is 0 Å². The molecule has 2 aromatic rings. The largest absolute Gasteiger partial charge is 0.310 e. The predicted molar refractivity (Wildman–Crippen MR) is 76.2 cm³/mol. The molecule has 0 spiro atoms. The molecule has 94 valence electrons. The van der Waals surface area contributed by atoms with Crippen LogP contribution >= 0.6 is 11.3 Å². The Kier molecular flexibility index (Phi) is 2.63. The minimum absolute atomic E-state index is 0.564. The molecule has 18 heavy (non-hydrogen) atoms. The Balaban J connectivity index is 1.69. The number of hydrogen-bond donors (Lipinski definition) is 1. The maximum absolute atomic E-state index is 4.76. The zero-order valence-electron chi connectivity index (χ0n) is 10.5. The summed E-state index contributed by atoms with van der Waals surface area (Å²) in [5, 5.41) is 4.99. The molecule has 1 saturated carbocycles. The molecule has 1 atom stereocenters. The van der Waals surface area contributed by atoms with Gasteiger partial charge in [-0.05, 0) is 49.9 Å². The van der Waals surface area contributed by atoms with E-state index >= 15 is 0 Å². The molecule has 1 aromatic carbocycles. The van der Waals surface area contributed by atoms with Crippen LogP contribution in [0.3, 0.4) is 0 Å². The molecule has 3 heteroatoms. The number of aromatic nitrogens is 1. The molecule has 0 amide bonds. The average molecular weight is 258 g/mol. The van der Waals surface area contributed by atoms with Gasteiger partial charge in [0, 0.05) is 12.0 Å². The summed E-state index contributed by atoms with van der Waals surface area (Å²) in [5.74, 6) is 0.777. The molecule has 2 nitrogen and oxygen atoms in total. The van der Waals surface area contributed by atoms with E-state index in [1.54, 1.807) is 0 Å². The molecular weight excluding hydrogens is 240 g/mol. The molecule has 2 fully saturated rings. The zero-order valence-corrected chi connectivity index (χ0v) is 11.3. The number of benzene rings is 1. The third-order valence-corrected chi connectivity index (χ3v) is 5.25. The van der Waals surface area contributed by atoms with E-state index in [-0.39, 0.29) is 0 Å². The highest BCUT2D eigenvalue weighted by Crippen LogP contribution is 2.43. The molecule has 1 aliphatic carbocycles. The van der Waals surface area contributed by atoms with Crippen LogP contribution in [0.5, 0.6) is 0 Å². The maximum Gasteiger partial charge on any atom is 0.0969 e. The molecule has 4 rings (SSSR count). The van der Waals surface area contributed by atoms with E-state index in [0.29, 0.717) is 6.04 Å². The summed E-state index contributed by atoms with van der Waals surface area (Å²) >= 11 is 1.91. The molecule has 1 aliphatic heterocycles. The van der Waals surface area contributed by atoms with Gasteiger partial charge < -0.3 is 5.32 Å². The van der Waals surface area contributed by atoms with Crippen molar-refractivity contribution in [3.63, 3.8) is 0 Å². The third-order valence-electron chi connectivity index (χ3n) is 4.07. The van der Waals surface area contributed by atoms with Gasteiger partial charge in [0.1, 0.15) is 0 Å². The van der Waals surface area contributed by atoms with Gasteiger partial charge in [0.05, 0.1) is 15.2 Å². The van der Waals surface area contributed by atoms with Crippen LogP contribution in [-0.2, 0) is 0 Å². The predicted octanol–water partition coefficient (Wildman–Crippen LogP) is 3.99. The molecular formula is C15H18N2S. The lowest BCUT2D eigenvalue weighted by Gasteiger charge is -2.23. The van der Waals surface area contributed by atoms with Crippen molar-refractivity contribution in [2.24, 2.45) is 0 Å². The normalized spacial score (nSPS) is 24.6. The maximum atomic E-state index is 4.76. The average Bonchev–Trinajstić information content (AvgIpc) is 3.19. The van der Waals surface area contributed by atoms with Crippen molar-refractivity contribution in [3.8, 4) is 0 Å². The highest BCUT2D eigenvalue weighted by molar-refractivity contribution is 7.18. The molecule has 2 aliphatic rings. The van der Waals surface area contributed by atoms with Crippen LogP contribution < -0.4 is 5.32 Å². The van der Waals surface area contributed by atoms with E-state index in [0.717, 1.165) is 5.92 Å². The van der Waals surface area contributed by atoms with E-state index < -0.39 is 0 Å². The van der Waals surface area contributed by atoms with Crippen LogP contribution in [0.4, 0.5) is 0 Å². The summed E-state index contributed by atoms with van der Waals surface area (Å²) in [5.41, 5.74) is 2.65. The topological polar surface area (TPSA) is 24.9 Å². The van der Waals surface area contributed by atoms with Crippen LogP contribution in [0.2, 0.25) is 0 Å². The van der Waals surface area contributed by atoms with E-state index in [1.165, 1.54) is 59.4 Å². The molecule has 0 bridgehead atoms. The first-order valence-corrected chi connectivity index (χ1v) is 7.85. The Labute approximate surface area is 111 Å². The Morgan fingerprint density at radius 2 is 2.11 bits per heavy atom. The summed E-state index contributed by atoms with van der Waals surface area (Å²) in [6.07, 6.45) is 6.64. The smallest absolute Gasteiger partial charge is 0.0969 e. The number of rotatable bonds is 2. The first-order chi connectivity index (χ1) is 8.90. The molecule has 1 aromatic heterocycles. The van der Waals surface area contributed by atoms with Crippen molar-refractivity contribution in [2.75, 3.05) is 6.54 Å². The fourth-order valence-electron chi connectivity index (χ4n) is 2.82. The minimum atomic E-state index is 0.564. The lowest BCUT2D eigenvalue weighted by Crippen LogP contribution is -2.26. The van der Waals surface area contributed by atoms with Gasteiger partial charge in [-0.15, -0.1) is 11.3 Å². The second-order valence-electron chi connectivity index (χ2n) is 5.56. The van der Waals surface area contributed by atoms with Gasteiger partial charge in [0.25, 0.3) is 0 Å². The second kappa shape index (κ2) is 4.32. The Hall–Kier alpha value is -0.930. The number of nitrogens with one attached hydrogen (secondary N) is 1. The quantitative estimate of drug-likeness (QED) is 0.881. The summed E-state index contributed by atoms with van der Waals surface area (Å²) in [7, 11) is 0. The highest BCUT2D eigenvalue weighted by Gasteiger charge is 2.27. The molecule has 0 radical (unpaired) electrons. The van der Waals surface area contributed by atoms with Gasteiger partial charge in [-0.1, -0.05) is 12.5 Å². The van der Waals surface area contributed by atoms with Crippen LogP contribution in [0.25, 0.3) is 10.2 Å². The lowest BCUT2D eigenvalue weighted by molar-refractivity contribution is 0.412. The zero-order chi connectivity index (χ0) is 11.9.